The molecular weight excluding hydrogens is 190 g/mol. The van der Waals surface area contributed by atoms with Crippen LogP contribution in [0.5, 0.6) is 5.75 Å². The summed E-state index contributed by atoms with van der Waals surface area (Å²) in [5.41, 5.74) is 0.891. The molecule has 0 aliphatic carbocycles. The third-order valence-electron chi connectivity index (χ3n) is 2.53. The topological polar surface area (TPSA) is 29.5 Å². The van der Waals surface area contributed by atoms with E-state index in [-0.39, 0.29) is 12.0 Å². The maximum atomic E-state index is 11.7. The van der Waals surface area contributed by atoms with Crippen LogP contribution in [0.2, 0.25) is 0 Å². The van der Waals surface area contributed by atoms with E-state index in [9.17, 15) is 4.79 Å². The molecule has 0 N–H and O–H groups in total. The van der Waals surface area contributed by atoms with Crippen LogP contribution in [0.25, 0.3) is 0 Å². The molecule has 1 aliphatic heterocycles. The summed E-state index contributed by atoms with van der Waals surface area (Å²) in [7, 11) is 0. The molecule has 1 unspecified atom stereocenters. The first kappa shape index (κ1) is 10.0. The Kier molecular flexibility index (Phi) is 2.62. The lowest BCUT2D eigenvalue weighted by Gasteiger charge is -2.33. The second kappa shape index (κ2) is 3.93. The highest BCUT2D eigenvalue weighted by Gasteiger charge is 2.25. The van der Waals surface area contributed by atoms with Crippen LogP contribution in [0, 0.1) is 0 Å². The molecule has 1 aromatic carbocycles. The van der Waals surface area contributed by atoms with E-state index in [0.29, 0.717) is 13.0 Å². The van der Waals surface area contributed by atoms with Gasteiger partial charge in [-0.3, -0.25) is 4.79 Å². The van der Waals surface area contributed by atoms with Gasteiger partial charge in [0.25, 0.3) is 0 Å². The molecule has 1 aliphatic rings. The first-order valence-electron chi connectivity index (χ1n) is 5.28. The number of nitrogens with zero attached hydrogens (tertiary/aromatic N) is 1. The Morgan fingerprint density at radius 2 is 2.27 bits per heavy atom. The highest BCUT2D eigenvalue weighted by atomic mass is 16.5. The van der Waals surface area contributed by atoms with E-state index < -0.39 is 0 Å². The van der Waals surface area contributed by atoms with Gasteiger partial charge >= 0.3 is 0 Å². The fourth-order valence-electron chi connectivity index (χ4n) is 1.82. The predicted molar refractivity (Wildman–Crippen MR) is 59.2 cm³/mol. The van der Waals surface area contributed by atoms with E-state index in [1.165, 1.54) is 0 Å². The zero-order chi connectivity index (χ0) is 10.8. The minimum absolute atomic E-state index is 0.0652. The van der Waals surface area contributed by atoms with Crippen molar-refractivity contribution in [2.45, 2.75) is 26.4 Å². The van der Waals surface area contributed by atoms with Crippen LogP contribution in [0.4, 0.5) is 5.69 Å². The molecule has 1 amide bonds. The third-order valence-corrected chi connectivity index (χ3v) is 2.53. The Morgan fingerprint density at radius 1 is 1.53 bits per heavy atom. The van der Waals surface area contributed by atoms with E-state index in [1.54, 1.807) is 0 Å². The average Bonchev–Trinajstić information content (AvgIpc) is 2.26. The van der Waals surface area contributed by atoms with Crippen LogP contribution in [0.15, 0.2) is 24.3 Å². The first-order chi connectivity index (χ1) is 7.22. The van der Waals surface area contributed by atoms with Gasteiger partial charge in [-0.25, -0.2) is 0 Å². The SMILES string of the molecule is CCC(=O)N1CC(C)Oc2ccccc21. The lowest BCUT2D eigenvalue weighted by Crippen LogP contribution is -2.41. The van der Waals surface area contributed by atoms with Crippen LogP contribution in [0.3, 0.4) is 0 Å². The standard InChI is InChI=1S/C12H15NO2/c1-3-12(14)13-8-9(2)15-11-7-5-4-6-10(11)13/h4-7,9H,3,8H2,1-2H3. The Labute approximate surface area is 89.7 Å². The van der Waals surface area contributed by atoms with Crippen molar-refractivity contribution in [2.24, 2.45) is 0 Å². The van der Waals surface area contributed by atoms with Crippen molar-refractivity contribution in [1.82, 2.24) is 0 Å². The van der Waals surface area contributed by atoms with E-state index in [0.717, 1.165) is 11.4 Å². The van der Waals surface area contributed by atoms with Crippen LogP contribution in [-0.2, 0) is 4.79 Å². The Hall–Kier alpha value is -1.51. The quantitative estimate of drug-likeness (QED) is 0.703. The number of carbonyl (C=O) groups is 1. The Balaban J connectivity index is 2.38. The first-order valence-corrected chi connectivity index (χ1v) is 5.28. The lowest BCUT2D eigenvalue weighted by atomic mass is 10.2. The van der Waals surface area contributed by atoms with Gasteiger partial charge < -0.3 is 9.64 Å². The number of para-hydroxylation sites is 2. The molecule has 0 saturated heterocycles. The monoisotopic (exact) mass is 205 g/mol. The molecule has 0 bridgehead atoms. The van der Waals surface area contributed by atoms with Gasteiger partial charge in [0.15, 0.2) is 0 Å². The van der Waals surface area contributed by atoms with E-state index in [4.69, 9.17) is 4.74 Å². The van der Waals surface area contributed by atoms with Crippen molar-refractivity contribution in [3.8, 4) is 5.75 Å². The van der Waals surface area contributed by atoms with Gasteiger partial charge in [-0.15, -0.1) is 0 Å². The van der Waals surface area contributed by atoms with Gasteiger partial charge in [0, 0.05) is 6.42 Å². The molecule has 1 aromatic rings. The summed E-state index contributed by atoms with van der Waals surface area (Å²) < 4.78 is 5.66. The summed E-state index contributed by atoms with van der Waals surface area (Å²) in [5, 5.41) is 0. The van der Waals surface area contributed by atoms with E-state index in [1.807, 2.05) is 43.0 Å². The molecule has 2 rings (SSSR count). The zero-order valence-electron chi connectivity index (χ0n) is 9.06. The number of amides is 1. The summed E-state index contributed by atoms with van der Waals surface area (Å²) in [5.74, 6) is 0.954. The van der Waals surface area contributed by atoms with Crippen molar-refractivity contribution < 1.29 is 9.53 Å². The molecule has 0 radical (unpaired) electrons. The molecule has 1 heterocycles. The fraction of sp³-hybridized carbons (Fsp3) is 0.417. The van der Waals surface area contributed by atoms with Crippen LogP contribution in [-0.4, -0.2) is 18.6 Å². The highest BCUT2D eigenvalue weighted by Crippen LogP contribution is 2.33. The Morgan fingerprint density at radius 3 is 3.00 bits per heavy atom. The number of rotatable bonds is 1. The van der Waals surface area contributed by atoms with Gasteiger partial charge in [-0.1, -0.05) is 19.1 Å². The van der Waals surface area contributed by atoms with Crippen molar-refractivity contribution in [1.29, 1.82) is 0 Å². The van der Waals surface area contributed by atoms with Gasteiger partial charge in [0.2, 0.25) is 5.91 Å². The van der Waals surface area contributed by atoms with E-state index >= 15 is 0 Å². The molecular formula is C12H15NO2. The summed E-state index contributed by atoms with van der Waals surface area (Å²) >= 11 is 0. The van der Waals surface area contributed by atoms with Crippen molar-refractivity contribution in [3.05, 3.63) is 24.3 Å². The zero-order valence-corrected chi connectivity index (χ0v) is 9.06. The summed E-state index contributed by atoms with van der Waals surface area (Å²) in [6.07, 6.45) is 0.594. The fourth-order valence-corrected chi connectivity index (χ4v) is 1.82. The number of hydrogen-bond acceptors (Lipinski definition) is 2. The highest BCUT2D eigenvalue weighted by molar-refractivity contribution is 5.95. The maximum absolute atomic E-state index is 11.7. The Bertz CT molecular complexity index is 376. The molecule has 15 heavy (non-hydrogen) atoms. The molecule has 0 aromatic heterocycles. The van der Waals surface area contributed by atoms with Gasteiger partial charge in [-0.2, -0.15) is 0 Å². The largest absolute Gasteiger partial charge is 0.487 e. The number of anilines is 1. The molecule has 0 saturated carbocycles. The van der Waals surface area contributed by atoms with Crippen molar-refractivity contribution in [2.75, 3.05) is 11.4 Å². The number of benzene rings is 1. The minimum atomic E-state index is 0.0652. The predicted octanol–water partition coefficient (Wildman–Crippen LogP) is 2.21. The summed E-state index contributed by atoms with van der Waals surface area (Å²) in [6.45, 7) is 4.50. The van der Waals surface area contributed by atoms with Crippen molar-refractivity contribution >= 4 is 11.6 Å². The van der Waals surface area contributed by atoms with Crippen molar-refractivity contribution in [3.63, 3.8) is 0 Å². The van der Waals surface area contributed by atoms with Crippen LogP contribution in [0.1, 0.15) is 20.3 Å². The van der Waals surface area contributed by atoms with Crippen LogP contribution >= 0.6 is 0 Å². The smallest absolute Gasteiger partial charge is 0.226 e. The molecule has 0 spiro atoms. The summed E-state index contributed by atoms with van der Waals surface area (Å²) in [6, 6.07) is 7.68. The molecule has 1 atom stereocenters. The van der Waals surface area contributed by atoms with Crippen LogP contribution < -0.4 is 9.64 Å². The molecule has 80 valence electrons. The number of fused-ring (bicyclic) bond motifs is 1. The lowest BCUT2D eigenvalue weighted by molar-refractivity contribution is -0.118. The second-order valence-corrected chi connectivity index (χ2v) is 3.75. The number of ether oxygens (including phenoxy) is 1. The van der Waals surface area contributed by atoms with E-state index in [2.05, 4.69) is 0 Å². The van der Waals surface area contributed by atoms with Gasteiger partial charge in [0.1, 0.15) is 11.9 Å². The molecule has 3 heteroatoms. The average molecular weight is 205 g/mol. The summed E-state index contributed by atoms with van der Waals surface area (Å²) in [4.78, 5) is 13.6. The van der Waals surface area contributed by atoms with Gasteiger partial charge in [-0.05, 0) is 19.1 Å². The minimum Gasteiger partial charge on any atom is -0.487 e. The molecule has 0 fully saturated rings. The second-order valence-electron chi connectivity index (χ2n) is 3.75. The maximum Gasteiger partial charge on any atom is 0.226 e. The number of carbonyl (C=O) groups excluding carboxylic acids is 1. The molecule has 3 nitrogen and oxygen atoms in total. The third kappa shape index (κ3) is 1.82. The van der Waals surface area contributed by atoms with Gasteiger partial charge in [0.05, 0.1) is 12.2 Å². The normalized spacial score (nSPS) is 19.3. The number of hydrogen-bond donors (Lipinski definition) is 0.